The molecule has 1 aliphatic rings. The molecule has 0 saturated heterocycles. The summed E-state index contributed by atoms with van der Waals surface area (Å²) in [5.41, 5.74) is 3.07. The molecule has 2 aromatic carbocycles. The third kappa shape index (κ3) is 2.91. The summed E-state index contributed by atoms with van der Waals surface area (Å²) in [7, 11) is 0. The van der Waals surface area contributed by atoms with Crippen molar-refractivity contribution in [3.05, 3.63) is 70.7 Å². The molecule has 21 heavy (non-hydrogen) atoms. The van der Waals surface area contributed by atoms with Crippen LogP contribution >= 0.6 is 11.6 Å². The average molecular weight is 296 g/mol. The van der Waals surface area contributed by atoms with Gasteiger partial charge in [-0.15, -0.1) is 0 Å². The lowest BCUT2D eigenvalue weighted by atomic mass is 10.1. The molecule has 1 heterocycles. The molecule has 3 rings (SSSR count). The molecule has 0 spiro atoms. The van der Waals surface area contributed by atoms with Gasteiger partial charge in [0.25, 0.3) is 0 Å². The highest BCUT2D eigenvalue weighted by molar-refractivity contribution is 6.30. The Kier molecular flexibility index (Phi) is 3.89. The first-order valence-electron chi connectivity index (χ1n) is 6.82. The standard InChI is InChI=1S/C17H14ClN3/c18-15-8-6-14(7-9-15)17(12-19)21-11-10-16(20-21)13-4-2-1-3-5-13/h1-9,17H,10-11H2. The number of rotatable bonds is 3. The van der Waals surface area contributed by atoms with Gasteiger partial charge in [0.15, 0.2) is 6.04 Å². The van der Waals surface area contributed by atoms with E-state index in [0.717, 1.165) is 29.8 Å². The molecular formula is C17H14ClN3. The zero-order valence-electron chi connectivity index (χ0n) is 11.4. The van der Waals surface area contributed by atoms with Gasteiger partial charge in [0.05, 0.1) is 11.8 Å². The Morgan fingerprint density at radius 1 is 1.10 bits per heavy atom. The third-order valence-corrected chi connectivity index (χ3v) is 3.79. The van der Waals surface area contributed by atoms with Gasteiger partial charge in [-0.3, -0.25) is 5.01 Å². The van der Waals surface area contributed by atoms with Crippen LogP contribution in [0.15, 0.2) is 59.7 Å². The van der Waals surface area contributed by atoms with Crippen LogP contribution in [0.1, 0.15) is 23.6 Å². The third-order valence-electron chi connectivity index (χ3n) is 3.54. The molecule has 0 aromatic heterocycles. The molecular weight excluding hydrogens is 282 g/mol. The van der Waals surface area contributed by atoms with Crippen molar-refractivity contribution in [2.45, 2.75) is 12.5 Å². The number of hydrogen-bond donors (Lipinski definition) is 0. The number of nitriles is 1. The van der Waals surface area contributed by atoms with Crippen LogP contribution in [-0.4, -0.2) is 17.3 Å². The van der Waals surface area contributed by atoms with E-state index >= 15 is 0 Å². The summed E-state index contributed by atoms with van der Waals surface area (Å²) >= 11 is 5.90. The molecule has 0 aliphatic carbocycles. The number of hydrogen-bond acceptors (Lipinski definition) is 3. The Morgan fingerprint density at radius 2 is 1.81 bits per heavy atom. The summed E-state index contributed by atoms with van der Waals surface area (Å²) in [6, 6.07) is 19.4. The summed E-state index contributed by atoms with van der Waals surface area (Å²) in [6.45, 7) is 0.755. The normalized spacial score (nSPS) is 15.4. The van der Waals surface area contributed by atoms with Crippen LogP contribution < -0.4 is 0 Å². The lowest BCUT2D eigenvalue weighted by molar-refractivity contribution is 0.275. The van der Waals surface area contributed by atoms with E-state index < -0.39 is 0 Å². The van der Waals surface area contributed by atoms with Gasteiger partial charge in [-0.25, -0.2) is 0 Å². The molecule has 1 unspecified atom stereocenters. The van der Waals surface area contributed by atoms with Crippen molar-refractivity contribution in [2.24, 2.45) is 5.10 Å². The van der Waals surface area contributed by atoms with Crippen LogP contribution in [-0.2, 0) is 0 Å². The van der Waals surface area contributed by atoms with Gasteiger partial charge in [0.1, 0.15) is 0 Å². The van der Waals surface area contributed by atoms with E-state index in [1.54, 1.807) is 12.1 Å². The molecule has 0 fully saturated rings. The Bertz CT molecular complexity index is 686. The van der Waals surface area contributed by atoms with Gasteiger partial charge in [-0.2, -0.15) is 10.4 Å². The van der Waals surface area contributed by atoms with Crippen LogP contribution in [0.25, 0.3) is 0 Å². The van der Waals surface area contributed by atoms with Gasteiger partial charge >= 0.3 is 0 Å². The molecule has 0 N–H and O–H groups in total. The molecule has 4 heteroatoms. The maximum absolute atomic E-state index is 9.47. The van der Waals surface area contributed by atoms with Crippen LogP contribution in [0.2, 0.25) is 5.02 Å². The lowest BCUT2D eigenvalue weighted by Gasteiger charge is -2.20. The quantitative estimate of drug-likeness (QED) is 0.858. The first-order valence-corrected chi connectivity index (χ1v) is 7.20. The molecule has 104 valence electrons. The van der Waals surface area contributed by atoms with Crippen molar-refractivity contribution >= 4 is 17.3 Å². The van der Waals surface area contributed by atoms with E-state index in [9.17, 15) is 5.26 Å². The fraction of sp³-hybridized carbons (Fsp3) is 0.176. The second kappa shape index (κ2) is 5.99. The van der Waals surface area contributed by atoms with Crippen LogP contribution in [0, 0.1) is 11.3 Å². The zero-order valence-corrected chi connectivity index (χ0v) is 12.2. The van der Waals surface area contributed by atoms with Crippen molar-refractivity contribution < 1.29 is 0 Å². The lowest BCUT2D eigenvalue weighted by Crippen LogP contribution is -2.20. The first-order chi connectivity index (χ1) is 10.3. The Hall–Kier alpha value is -2.31. The van der Waals surface area contributed by atoms with Crippen LogP contribution in [0.5, 0.6) is 0 Å². The monoisotopic (exact) mass is 295 g/mol. The average Bonchev–Trinajstić information content (AvgIpc) is 3.00. The summed E-state index contributed by atoms with van der Waals surface area (Å²) in [5.74, 6) is 0. The first kappa shape index (κ1) is 13.7. The van der Waals surface area contributed by atoms with Crippen molar-refractivity contribution in [3.8, 4) is 6.07 Å². The number of hydrazone groups is 1. The molecule has 0 amide bonds. The van der Waals surface area contributed by atoms with E-state index in [4.69, 9.17) is 11.6 Å². The topological polar surface area (TPSA) is 39.4 Å². The minimum Gasteiger partial charge on any atom is -0.275 e. The summed E-state index contributed by atoms with van der Waals surface area (Å²) < 4.78 is 0. The zero-order chi connectivity index (χ0) is 14.7. The van der Waals surface area contributed by atoms with E-state index in [1.165, 1.54) is 0 Å². The highest BCUT2D eigenvalue weighted by atomic mass is 35.5. The van der Waals surface area contributed by atoms with Crippen molar-refractivity contribution in [1.29, 1.82) is 5.26 Å². The van der Waals surface area contributed by atoms with Crippen LogP contribution in [0.3, 0.4) is 0 Å². The smallest absolute Gasteiger partial charge is 0.158 e. The van der Waals surface area contributed by atoms with Gasteiger partial charge in [0.2, 0.25) is 0 Å². The number of halogens is 1. The molecule has 0 bridgehead atoms. The van der Waals surface area contributed by atoms with Crippen molar-refractivity contribution in [2.75, 3.05) is 6.54 Å². The number of nitrogens with zero attached hydrogens (tertiary/aromatic N) is 3. The second-order valence-electron chi connectivity index (χ2n) is 4.91. The van der Waals surface area contributed by atoms with Gasteiger partial charge in [-0.05, 0) is 23.3 Å². The molecule has 1 aliphatic heterocycles. The summed E-state index contributed by atoms with van der Waals surface area (Å²) in [4.78, 5) is 0. The van der Waals surface area contributed by atoms with E-state index in [0.29, 0.717) is 5.02 Å². The molecule has 2 aromatic rings. The maximum atomic E-state index is 9.47. The van der Waals surface area contributed by atoms with Crippen molar-refractivity contribution in [1.82, 2.24) is 5.01 Å². The van der Waals surface area contributed by atoms with E-state index in [1.807, 2.05) is 47.5 Å². The predicted octanol–water partition coefficient (Wildman–Crippen LogP) is 4.01. The molecule has 3 nitrogen and oxygen atoms in total. The largest absolute Gasteiger partial charge is 0.275 e. The highest BCUT2D eigenvalue weighted by Gasteiger charge is 2.24. The van der Waals surface area contributed by atoms with E-state index in [2.05, 4.69) is 11.2 Å². The fourth-order valence-electron chi connectivity index (χ4n) is 2.45. The minimum absolute atomic E-state index is 0.372. The Morgan fingerprint density at radius 3 is 2.48 bits per heavy atom. The summed E-state index contributed by atoms with van der Waals surface area (Å²) in [5, 5.41) is 16.6. The molecule has 1 atom stereocenters. The van der Waals surface area contributed by atoms with Crippen LogP contribution in [0.4, 0.5) is 0 Å². The highest BCUT2D eigenvalue weighted by Crippen LogP contribution is 2.26. The van der Waals surface area contributed by atoms with Gasteiger partial charge in [-0.1, -0.05) is 54.1 Å². The second-order valence-corrected chi connectivity index (χ2v) is 5.35. The van der Waals surface area contributed by atoms with Gasteiger partial charge < -0.3 is 0 Å². The Balaban J connectivity index is 1.85. The Labute approximate surface area is 129 Å². The number of benzene rings is 2. The SMILES string of the molecule is N#CC(c1ccc(Cl)cc1)N1CCC(c2ccccc2)=N1. The molecule has 0 radical (unpaired) electrons. The maximum Gasteiger partial charge on any atom is 0.158 e. The fourth-order valence-corrected chi connectivity index (χ4v) is 2.58. The van der Waals surface area contributed by atoms with Gasteiger partial charge in [0, 0.05) is 18.0 Å². The summed E-state index contributed by atoms with van der Waals surface area (Å²) in [6.07, 6.45) is 0.857. The molecule has 0 saturated carbocycles. The van der Waals surface area contributed by atoms with E-state index in [-0.39, 0.29) is 6.04 Å². The predicted molar refractivity (Wildman–Crippen MR) is 84.1 cm³/mol. The van der Waals surface area contributed by atoms with Crippen molar-refractivity contribution in [3.63, 3.8) is 0 Å². The minimum atomic E-state index is -0.372.